The molecular formula is C72H142NO8P. The summed E-state index contributed by atoms with van der Waals surface area (Å²) < 4.78 is 34.4. The van der Waals surface area contributed by atoms with Crippen molar-refractivity contribution < 1.29 is 42.1 Å². The Bertz CT molecular complexity index is 1390. The molecule has 0 radical (unpaired) electrons. The fourth-order valence-corrected chi connectivity index (χ4v) is 11.9. The highest BCUT2D eigenvalue weighted by molar-refractivity contribution is 7.45. The third-order valence-electron chi connectivity index (χ3n) is 16.8. The number of esters is 2. The van der Waals surface area contributed by atoms with Gasteiger partial charge < -0.3 is 27.9 Å². The van der Waals surface area contributed by atoms with Crippen LogP contribution in [0.3, 0.4) is 0 Å². The minimum absolute atomic E-state index is 0.0257. The Morgan fingerprint density at radius 2 is 0.622 bits per heavy atom. The van der Waals surface area contributed by atoms with E-state index >= 15 is 0 Å². The van der Waals surface area contributed by atoms with Gasteiger partial charge in [0.25, 0.3) is 7.82 Å². The van der Waals surface area contributed by atoms with Crippen molar-refractivity contribution >= 4 is 19.8 Å². The molecule has 2 unspecified atom stereocenters. The van der Waals surface area contributed by atoms with E-state index in [0.29, 0.717) is 17.4 Å². The molecule has 82 heavy (non-hydrogen) atoms. The number of hydrogen-bond donors (Lipinski definition) is 0. The Kier molecular flexibility index (Phi) is 63.3. The maximum Gasteiger partial charge on any atom is 0.306 e. The highest BCUT2D eigenvalue weighted by Crippen LogP contribution is 2.38. The quantitative estimate of drug-likeness (QED) is 0.0195. The first kappa shape index (κ1) is 80.8. The van der Waals surface area contributed by atoms with Crippen LogP contribution in [0.2, 0.25) is 0 Å². The zero-order valence-electron chi connectivity index (χ0n) is 55.7. The molecular weight excluding hydrogens is 1040 g/mol. The molecule has 0 N–H and O–H groups in total. The monoisotopic (exact) mass is 1180 g/mol. The van der Waals surface area contributed by atoms with Gasteiger partial charge in [0.05, 0.1) is 27.7 Å². The second-order valence-corrected chi connectivity index (χ2v) is 27.7. The number of carbonyl (C=O) groups excluding carboxylic acids is 2. The lowest BCUT2D eigenvalue weighted by molar-refractivity contribution is -0.870. The number of nitrogens with zero attached hydrogens (tertiary/aromatic N) is 1. The molecule has 0 heterocycles. The van der Waals surface area contributed by atoms with E-state index in [1.54, 1.807) is 0 Å². The summed E-state index contributed by atoms with van der Waals surface area (Å²) in [5.74, 6) is -0.805. The summed E-state index contributed by atoms with van der Waals surface area (Å²) in [5, 5.41) is 0. The first-order valence-corrected chi connectivity index (χ1v) is 37.9. The molecule has 0 rings (SSSR count). The summed E-state index contributed by atoms with van der Waals surface area (Å²) in [6, 6.07) is 0. The average Bonchev–Trinajstić information content (AvgIpc) is 3.46. The van der Waals surface area contributed by atoms with E-state index in [1.807, 2.05) is 21.1 Å². The van der Waals surface area contributed by atoms with Crippen molar-refractivity contribution in [3.8, 4) is 0 Å². The van der Waals surface area contributed by atoms with Crippen LogP contribution in [-0.4, -0.2) is 70.0 Å². The summed E-state index contributed by atoms with van der Waals surface area (Å²) in [5.41, 5.74) is 0. The molecule has 0 aliphatic carbocycles. The van der Waals surface area contributed by atoms with Crippen molar-refractivity contribution in [2.45, 2.75) is 392 Å². The SMILES string of the molecule is CCCCCCCCCC/C=C\CCCCCCCCCCCCCCCCCCCCCCCC(=O)OC(COC(=O)CCCCCCCCCCCCCCCCCCCCCCCCCCC)COP(=O)([O-])OCC[N+](C)(C)C. The molecule has 0 saturated heterocycles. The zero-order chi connectivity index (χ0) is 59.8. The zero-order valence-corrected chi connectivity index (χ0v) is 56.6. The van der Waals surface area contributed by atoms with Gasteiger partial charge in [-0.3, -0.25) is 14.2 Å². The number of ether oxygens (including phenoxy) is 2. The van der Waals surface area contributed by atoms with Crippen LogP contribution < -0.4 is 4.89 Å². The Morgan fingerprint density at radius 3 is 0.902 bits per heavy atom. The lowest BCUT2D eigenvalue weighted by atomic mass is 10.0. The van der Waals surface area contributed by atoms with E-state index in [2.05, 4.69) is 26.0 Å². The van der Waals surface area contributed by atoms with Crippen molar-refractivity contribution in [2.24, 2.45) is 0 Å². The molecule has 0 spiro atoms. The minimum Gasteiger partial charge on any atom is -0.756 e. The Hall–Kier alpha value is -1.25. The van der Waals surface area contributed by atoms with Crippen molar-refractivity contribution in [1.82, 2.24) is 0 Å². The summed E-state index contributed by atoms with van der Waals surface area (Å²) >= 11 is 0. The third-order valence-corrected chi connectivity index (χ3v) is 17.7. The van der Waals surface area contributed by atoms with E-state index in [-0.39, 0.29) is 32.0 Å². The molecule has 0 aliphatic rings. The molecule has 0 aromatic rings. The van der Waals surface area contributed by atoms with Gasteiger partial charge >= 0.3 is 11.9 Å². The lowest BCUT2D eigenvalue weighted by Crippen LogP contribution is -2.37. The highest BCUT2D eigenvalue weighted by atomic mass is 31.2. The van der Waals surface area contributed by atoms with Gasteiger partial charge in [-0.25, -0.2) is 0 Å². The fraction of sp³-hybridized carbons (Fsp3) is 0.944. The number of quaternary nitrogens is 1. The Morgan fingerprint density at radius 1 is 0.366 bits per heavy atom. The normalized spacial score (nSPS) is 13.1. The van der Waals surface area contributed by atoms with Crippen LogP contribution in [-0.2, 0) is 32.7 Å². The first-order chi connectivity index (χ1) is 40.0. The fourth-order valence-electron chi connectivity index (χ4n) is 11.2. The van der Waals surface area contributed by atoms with E-state index in [9.17, 15) is 19.0 Å². The molecule has 0 aromatic carbocycles. The standard InChI is InChI=1S/C72H142NO8P/c1-6-8-10-12-14-16-18-20-22-24-26-28-30-32-33-34-35-36-37-38-39-41-43-45-47-49-51-53-55-57-59-61-63-65-72(75)81-70(69-80-82(76,77)79-67-66-73(3,4)5)68-78-71(74)64-62-60-58-56-54-52-50-48-46-44-42-40-31-29-27-25-23-21-19-17-15-13-11-9-7-2/h24,26,70H,6-23,25,27-69H2,1-5H3/b26-24-. The van der Waals surface area contributed by atoms with Crippen molar-refractivity contribution in [3.05, 3.63) is 12.2 Å². The lowest BCUT2D eigenvalue weighted by Gasteiger charge is -2.28. The van der Waals surface area contributed by atoms with Gasteiger partial charge in [0.2, 0.25) is 0 Å². The third kappa shape index (κ3) is 67.9. The molecule has 0 aliphatic heterocycles. The number of phosphoric ester groups is 1. The molecule has 0 amide bonds. The van der Waals surface area contributed by atoms with Crippen LogP contribution in [0, 0.1) is 0 Å². The van der Waals surface area contributed by atoms with Gasteiger partial charge in [-0.2, -0.15) is 0 Å². The van der Waals surface area contributed by atoms with Crippen molar-refractivity contribution in [3.63, 3.8) is 0 Å². The predicted molar refractivity (Wildman–Crippen MR) is 352 cm³/mol. The number of rotatable bonds is 69. The molecule has 488 valence electrons. The topological polar surface area (TPSA) is 111 Å². The van der Waals surface area contributed by atoms with Crippen LogP contribution >= 0.6 is 7.82 Å². The predicted octanol–water partition coefficient (Wildman–Crippen LogP) is 22.9. The smallest absolute Gasteiger partial charge is 0.306 e. The van der Waals surface area contributed by atoms with Gasteiger partial charge in [-0.1, -0.05) is 347 Å². The molecule has 0 aromatic heterocycles. The van der Waals surface area contributed by atoms with Gasteiger partial charge in [-0.05, 0) is 38.5 Å². The van der Waals surface area contributed by atoms with Gasteiger partial charge in [0.1, 0.15) is 19.8 Å². The van der Waals surface area contributed by atoms with Crippen molar-refractivity contribution in [1.29, 1.82) is 0 Å². The number of hydrogen-bond acceptors (Lipinski definition) is 8. The highest BCUT2D eigenvalue weighted by Gasteiger charge is 2.22. The van der Waals surface area contributed by atoms with Gasteiger partial charge in [0.15, 0.2) is 6.10 Å². The summed E-state index contributed by atoms with van der Waals surface area (Å²) in [6.45, 7) is 4.33. The maximum atomic E-state index is 12.9. The van der Waals surface area contributed by atoms with Gasteiger partial charge in [-0.15, -0.1) is 0 Å². The number of unbranched alkanes of at least 4 members (excludes halogenated alkanes) is 53. The largest absolute Gasteiger partial charge is 0.756 e. The van der Waals surface area contributed by atoms with Crippen LogP contribution in [0.1, 0.15) is 386 Å². The number of likely N-dealkylation sites (N-methyl/N-ethyl adjacent to an activating group) is 1. The molecule has 0 bridgehead atoms. The molecule has 0 saturated carbocycles. The summed E-state index contributed by atoms with van der Waals surface area (Å²) in [7, 11) is 1.19. The van der Waals surface area contributed by atoms with Crippen LogP contribution in [0.4, 0.5) is 0 Å². The Labute approximate surface area is 511 Å². The molecule has 2 atom stereocenters. The van der Waals surface area contributed by atoms with E-state index < -0.39 is 26.5 Å². The summed E-state index contributed by atoms with van der Waals surface area (Å²) in [4.78, 5) is 38.1. The number of phosphoric acid groups is 1. The maximum absolute atomic E-state index is 12.9. The van der Waals surface area contributed by atoms with Crippen LogP contribution in [0.5, 0.6) is 0 Å². The summed E-state index contributed by atoms with van der Waals surface area (Å²) in [6.07, 6.45) is 78.8. The minimum atomic E-state index is -4.64. The van der Waals surface area contributed by atoms with Crippen LogP contribution in [0.15, 0.2) is 12.2 Å². The van der Waals surface area contributed by atoms with Crippen LogP contribution in [0.25, 0.3) is 0 Å². The average molecular weight is 1180 g/mol. The van der Waals surface area contributed by atoms with Crippen molar-refractivity contribution in [2.75, 3.05) is 47.5 Å². The Balaban J connectivity index is 3.95. The second-order valence-electron chi connectivity index (χ2n) is 26.3. The molecule has 10 heteroatoms. The number of allylic oxidation sites excluding steroid dienone is 2. The molecule has 0 fully saturated rings. The first-order valence-electron chi connectivity index (χ1n) is 36.4. The van der Waals surface area contributed by atoms with E-state index in [4.69, 9.17) is 18.5 Å². The second kappa shape index (κ2) is 64.2. The van der Waals surface area contributed by atoms with E-state index in [0.717, 1.165) is 32.1 Å². The molecule has 9 nitrogen and oxygen atoms in total. The van der Waals surface area contributed by atoms with E-state index in [1.165, 1.54) is 321 Å². The van der Waals surface area contributed by atoms with Gasteiger partial charge in [0, 0.05) is 12.8 Å². The number of carbonyl (C=O) groups is 2.